The Morgan fingerprint density at radius 2 is 2.29 bits per heavy atom. The van der Waals surface area contributed by atoms with Crippen LogP contribution in [-0.4, -0.2) is 45.7 Å². The number of hydrogen-bond acceptors (Lipinski definition) is 4. The fourth-order valence-corrected chi connectivity index (χ4v) is 1.54. The summed E-state index contributed by atoms with van der Waals surface area (Å²) in [6, 6.07) is -0.211. The number of aryl methyl sites for hydroxylation is 1. The topological polar surface area (TPSA) is 63.1 Å². The smallest absolute Gasteiger partial charge is 0.238 e. The summed E-state index contributed by atoms with van der Waals surface area (Å²) in [4.78, 5) is 17.4. The van der Waals surface area contributed by atoms with Crippen LogP contribution in [-0.2, 0) is 17.9 Å². The Bertz CT molecular complexity index is 360. The van der Waals surface area contributed by atoms with E-state index in [0.29, 0.717) is 6.54 Å². The predicted octanol–water partition coefficient (Wildman–Crippen LogP) is 0.254. The number of nitrogens with zero attached hydrogens (tertiary/aromatic N) is 4. The summed E-state index contributed by atoms with van der Waals surface area (Å²) < 4.78 is 1.86. The first-order valence-electron chi connectivity index (χ1n) is 5.87. The number of carbonyl (C=O) groups excluding carboxylic acids is 1. The Hall–Kier alpha value is -1.43. The van der Waals surface area contributed by atoms with Gasteiger partial charge in [-0.1, -0.05) is 6.92 Å². The van der Waals surface area contributed by atoms with Gasteiger partial charge in [-0.25, -0.2) is 9.67 Å². The maximum atomic E-state index is 11.6. The summed E-state index contributed by atoms with van der Waals surface area (Å²) in [6.07, 6.45) is 2.56. The van der Waals surface area contributed by atoms with Crippen molar-refractivity contribution < 1.29 is 4.79 Å². The van der Waals surface area contributed by atoms with Crippen LogP contribution < -0.4 is 5.32 Å². The van der Waals surface area contributed by atoms with Crippen molar-refractivity contribution >= 4 is 5.91 Å². The molecule has 0 aliphatic carbocycles. The van der Waals surface area contributed by atoms with Crippen molar-refractivity contribution in [2.24, 2.45) is 0 Å². The molecule has 1 heterocycles. The second-order valence-electron chi connectivity index (χ2n) is 4.23. The Morgan fingerprint density at radius 1 is 1.59 bits per heavy atom. The molecule has 0 aliphatic rings. The largest absolute Gasteiger partial charge is 0.347 e. The Kier molecular flexibility index (Phi) is 5.09. The molecular weight excluding hydrogens is 218 g/mol. The number of amides is 1. The molecule has 0 spiro atoms. The maximum absolute atomic E-state index is 11.6. The van der Waals surface area contributed by atoms with E-state index in [2.05, 4.69) is 22.3 Å². The van der Waals surface area contributed by atoms with Gasteiger partial charge in [-0.15, -0.1) is 0 Å². The van der Waals surface area contributed by atoms with Crippen molar-refractivity contribution in [3.05, 3.63) is 12.2 Å². The van der Waals surface area contributed by atoms with Gasteiger partial charge in [0.1, 0.15) is 12.2 Å². The molecule has 6 nitrogen and oxygen atoms in total. The minimum atomic E-state index is -0.211. The number of aromatic nitrogens is 3. The predicted molar refractivity (Wildman–Crippen MR) is 65.3 cm³/mol. The van der Waals surface area contributed by atoms with Crippen molar-refractivity contribution in [3.63, 3.8) is 0 Å². The number of rotatable bonds is 6. The molecule has 1 aromatic rings. The van der Waals surface area contributed by atoms with Crippen LogP contribution in [0.15, 0.2) is 6.33 Å². The lowest BCUT2D eigenvalue weighted by molar-refractivity contribution is -0.130. The lowest BCUT2D eigenvalue weighted by Gasteiger charge is -2.17. The van der Waals surface area contributed by atoms with Crippen LogP contribution in [0.3, 0.4) is 0 Å². The van der Waals surface area contributed by atoms with Crippen LogP contribution in [0.4, 0.5) is 0 Å². The van der Waals surface area contributed by atoms with E-state index in [4.69, 9.17) is 0 Å². The third-order valence-electron chi connectivity index (χ3n) is 2.51. The molecule has 1 unspecified atom stereocenters. The number of carbonyl (C=O) groups is 1. The molecule has 0 radical (unpaired) electrons. The third-order valence-corrected chi connectivity index (χ3v) is 2.51. The Labute approximate surface area is 102 Å². The number of hydrogen-bond donors (Lipinski definition) is 1. The van der Waals surface area contributed by atoms with E-state index in [0.717, 1.165) is 18.8 Å². The van der Waals surface area contributed by atoms with E-state index in [1.54, 1.807) is 25.3 Å². The van der Waals surface area contributed by atoms with Crippen LogP contribution >= 0.6 is 0 Å². The van der Waals surface area contributed by atoms with Crippen LogP contribution in [0.2, 0.25) is 0 Å². The first-order valence-corrected chi connectivity index (χ1v) is 5.87. The summed E-state index contributed by atoms with van der Waals surface area (Å²) in [5, 5.41) is 7.28. The highest BCUT2D eigenvalue weighted by Gasteiger charge is 2.14. The van der Waals surface area contributed by atoms with Gasteiger partial charge in [-0.3, -0.25) is 10.1 Å². The summed E-state index contributed by atoms with van der Waals surface area (Å²) >= 11 is 0. The summed E-state index contributed by atoms with van der Waals surface area (Å²) in [5.41, 5.74) is 0. The molecular formula is C11H21N5O. The van der Waals surface area contributed by atoms with Crippen molar-refractivity contribution in [1.29, 1.82) is 0 Å². The second-order valence-corrected chi connectivity index (χ2v) is 4.23. The molecule has 1 atom stereocenters. The molecule has 0 bridgehead atoms. The second kappa shape index (κ2) is 6.34. The first-order chi connectivity index (χ1) is 8.06. The summed E-state index contributed by atoms with van der Waals surface area (Å²) in [6.45, 7) is 5.35. The summed E-state index contributed by atoms with van der Waals surface area (Å²) in [5.74, 6) is 0.928. The van der Waals surface area contributed by atoms with Crippen LogP contribution in [0, 0.1) is 0 Å². The molecule has 0 aromatic carbocycles. The number of nitrogens with one attached hydrogen (secondary N) is 1. The van der Waals surface area contributed by atoms with Crippen molar-refractivity contribution in [3.8, 4) is 0 Å². The Morgan fingerprint density at radius 3 is 2.88 bits per heavy atom. The van der Waals surface area contributed by atoms with E-state index >= 15 is 0 Å². The highest BCUT2D eigenvalue weighted by Crippen LogP contribution is 1.97. The molecule has 0 saturated carbocycles. The van der Waals surface area contributed by atoms with Crippen LogP contribution in [0.1, 0.15) is 26.1 Å². The van der Waals surface area contributed by atoms with Crippen molar-refractivity contribution in [2.75, 3.05) is 14.1 Å². The van der Waals surface area contributed by atoms with E-state index < -0.39 is 0 Å². The molecule has 1 amide bonds. The van der Waals surface area contributed by atoms with Gasteiger partial charge >= 0.3 is 0 Å². The van der Waals surface area contributed by atoms with Gasteiger partial charge in [0.25, 0.3) is 0 Å². The van der Waals surface area contributed by atoms with E-state index in [1.165, 1.54) is 0 Å². The zero-order chi connectivity index (χ0) is 12.8. The van der Waals surface area contributed by atoms with Gasteiger partial charge in [-0.05, 0) is 13.3 Å². The molecule has 96 valence electrons. The molecule has 17 heavy (non-hydrogen) atoms. The van der Waals surface area contributed by atoms with Gasteiger partial charge in [-0.2, -0.15) is 5.10 Å². The molecule has 1 rings (SSSR count). The van der Waals surface area contributed by atoms with Gasteiger partial charge in [0, 0.05) is 20.6 Å². The van der Waals surface area contributed by atoms with Gasteiger partial charge in [0.2, 0.25) is 5.91 Å². The monoisotopic (exact) mass is 239 g/mol. The lowest BCUT2D eigenvalue weighted by atomic mass is 10.3. The first kappa shape index (κ1) is 13.6. The number of likely N-dealkylation sites (N-methyl/N-ethyl adjacent to an activating group) is 1. The minimum Gasteiger partial charge on any atom is -0.347 e. The van der Waals surface area contributed by atoms with E-state index in [9.17, 15) is 4.79 Å². The van der Waals surface area contributed by atoms with Gasteiger partial charge in [0.15, 0.2) is 0 Å². The quantitative estimate of drug-likeness (QED) is 0.773. The van der Waals surface area contributed by atoms with Gasteiger partial charge < -0.3 is 4.90 Å². The average Bonchev–Trinajstić information content (AvgIpc) is 2.73. The maximum Gasteiger partial charge on any atom is 0.238 e. The SMILES string of the molecule is CCCn1ncnc1CNC(C)C(=O)N(C)C. The van der Waals surface area contributed by atoms with Crippen molar-refractivity contribution in [2.45, 2.75) is 39.4 Å². The molecule has 0 fully saturated rings. The van der Waals surface area contributed by atoms with Crippen LogP contribution in [0.5, 0.6) is 0 Å². The molecule has 0 saturated heterocycles. The highest BCUT2D eigenvalue weighted by atomic mass is 16.2. The normalized spacial score (nSPS) is 12.5. The standard InChI is InChI=1S/C11H21N5O/c1-5-6-16-10(13-8-14-16)7-12-9(2)11(17)15(3)4/h8-9,12H,5-7H2,1-4H3. The Balaban J connectivity index is 2.49. The van der Waals surface area contributed by atoms with Crippen molar-refractivity contribution in [1.82, 2.24) is 25.0 Å². The highest BCUT2D eigenvalue weighted by molar-refractivity contribution is 5.80. The lowest BCUT2D eigenvalue weighted by Crippen LogP contribution is -2.41. The van der Waals surface area contributed by atoms with Gasteiger partial charge in [0.05, 0.1) is 12.6 Å². The zero-order valence-corrected chi connectivity index (χ0v) is 11.0. The van der Waals surface area contributed by atoms with E-state index in [1.807, 2.05) is 11.6 Å². The van der Waals surface area contributed by atoms with E-state index in [-0.39, 0.29) is 11.9 Å². The fraction of sp³-hybridized carbons (Fsp3) is 0.727. The summed E-state index contributed by atoms with van der Waals surface area (Å²) in [7, 11) is 3.50. The van der Waals surface area contributed by atoms with Crippen LogP contribution in [0.25, 0.3) is 0 Å². The molecule has 6 heteroatoms. The molecule has 0 aliphatic heterocycles. The molecule has 1 aromatic heterocycles. The zero-order valence-electron chi connectivity index (χ0n) is 11.0. The fourth-order valence-electron chi connectivity index (χ4n) is 1.54. The third kappa shape index (κ3) is 3.81. The minimum absolute atomic E-state index is 0.0616. The molecule has 1 N–H and O–H groups in total. The average molecular weight is 239 g/mol.